The molecule has 21 heavy (non-hydrogen) atoms. The molecular formula is C17H22N2S2. The summed E-state index contributed by atoms with van der Waals surface area (Å²) in [6.07, 6.45) is 8.30. The number of benzene rings is 1. The number of hydrogen-bond donors (Lipinski definition) is 0. The second kappa shape index (κ2) is 6.93. The zero-order valence-electron chi connectivity index (χ0n) is 12.4. The zero-order valence-corrected chi connectivity index (χ0v) is 14.1. The van der Waals surface area contributed by atoms with E-state index >= 15 is 0 Å². The fourth-order valence-corrected chi connectivity index (χ4v) is 6.36. The first-order chi connectivity index (χ1) is 10.3. The van der Waals surface area contributed by atoms with Gasteiger partial charge in [-0.05, 0) is 29.4 Å². The number of thioether (sulfide) groups is 2. The van der Waals surface area contributed by atoms with E-state index < -0.39 is 0 Å². The topological polar surface area (TPSA) is 17.8 Å². The largest absolute Gasteiger partial charge is 0.337 e. The van der Waals surface area contributed by atoms with E-state index in [-0.39, 0.29) is 4.08 Å². The van der Waals surface area contributed by atoms with E-state index in [0.717, 1.165) is 18.9 Å². The van der Waals surface area contributed by atoms with Crippen LogP contribution in [0.1, 0.15) is 25.3 Å². The highest BCUT2D eigenvalue weighted by molar-refractivity contribution is 8.18. The Kier molecular flexibility index (Phi) is 4.96. The minimum absolute atomic E-state index is 0.206. The standard InChI is InChI=1S/C17H22N2S2/c1-2-15-12-20-17(21-13-15,16-6-4-3-5-7-16)8-10-19-11-9-18-14-19/h3-7,9,11,14-15H,2,8,10,12-13H2,1H3. The van der Waals surface area contributed by atoms with Crippen LogP contribution in [0.2, 0.25) is 0 Å². The van der Waals surface area contributed by atoms with Crippen LogP contribution in [0, 0.1) is 5.92 Å². The lowest BCUT2D eigenvalue weighted by Gasteiger charge is -2.39. The molecule has 4 heteroatoms. The van der Waals surface area contributed by atoms with Gasteiger partial charge < -0.3 is 4.57 Å². The van der Waals surface area contributed by atoms with Crippen molar-refractivity contribution in [1.29, 1.82) is 0 Å². The number of hydrogen-bond acceptors (Lipinski definition) is 3. The van der Waals surface area contributed by atoms with Gasteiger partial charge in [-0.3, -0.25) is 0 Å². The van der Waals surface area contributed by atoms with E-state index in [2.05, 4.69) is 76.5 Å². The van der Waals surface area contributed by atoms with Crippen LogP contribution in [-0.2, 0) is 10.6 Å². The highest BCUT2D eigenvalue weighted by Gasteiger charge is 2.37. The molecule has 0 radical (unpaired) electrons. The molecule has 3 rings (SSSR count). The van der Waals surface area contributed by atoms with Crippen LogP contribution < -0.4 is 0 Å². The van der Waals surface area contributed by atoms with Crippen LogP contribution in [0.5, 0.6) is 0 Å². The van der Waals surface area contributed by atoms with Crippen LogP contribution in [0.4, 0.5) is 0 Å². The Hall–Kier alpha value is -0.870. The summed E-state index contributed by atoms with van der Waals surface area (Å²) in [5, 5.41) is 0. The van der Waals surface area contributed by atoms with Crippen molar-refractivity contribution in [2.45, 2.75) is 30.4 Å². The molecule has 1 aromatic heterocycles. The monoisotopic (exact) mass is 318 g/mol. The van der Waals surface area contributed by atoms with Gasteiger partial charge in [-0.15, -0.1) is 23.5 Å². The smallest absolute Gasteiger partial charge is 0.0945 e. The Labute approximate surface area is 135 Å². The number of aryl methyl sites for hydroxylation is 1. The third kappa shape index (κ3) is 3.49. The Morgan fingerprint density at radius 1 is 1.24 bits per heavy atom. The second-order valence-electron chi connectivity index (χ2n) is 5.57. The first kappa shape index (κ1) is 15.0. The lowest BCUT2D eigenvalue weighted by molar-refractivity contribution is 0.589. The summed E-state index contributed by atoms with van der Waals surface area (Å²) in [6.45, 7) is 3.35. The Bertz CT molecular complexity index is 531. The molecule has 2 nitrogen and oxygen atoms in total. The van der Waals surface area contributed by atoms with Crippen molar-refractivity contribution < 1.29 is 0 Å². The van der Waals surface area contributed by atoms with Gasteiger partial charge in [-0.2, -0.15) is 0 Å². The summed E-state index contributed by atoms with van der Waals surface area (Å²) in [5.41, 5.74) is 1.47. The predicted molar refractivity (Wildman–Crippen MR) is 93.7 cm³/mol. The lowest BCUT2D eigenvalue weighted by atomic mass is 10.1. The van der Waals surface area contributed by atoms with Gasteiger partial charge in [0.25, 0.3) is 0 Å². The molecule has 0 saturated carbocycles. The minimum Gasteiger partial charge on any atom is -0.337 e. The van der Waals surface area contributed by atoms with Gasteiger partial charge >= 0.3 is 0 Å². The van der Waals surface area contributed by atoms with E-state index in [1.54, 1.807) is 0 Å². The summed E-state index contributed by atoms with van der Waals surface area (Å²) in [4.78, 5) is 4.16. The van der Waals surface area contributed by atoms with Crippen LogP contribution in [0.3, 0.4) is 0 Å². The summed E-state index contributed by atoms with van der Waals surface area (Å²) < 4.78 is 2.40. The van der Waals surface area contributed by atoms with E-state index in [0.29, 0.717) is 0 Å². The highest BCUT2D eigenvalue weighted by Crippen LogP contribution is 2.54. The molecular weight excluding hydrogens is 296 g/mol. The van der Waals surface area contributed by atoms with Crippen LogP contribution >= 0.6 is 23.5 Å². The fraction of sp³-hybridized carbons (Fsp3) is 0.471. The van der Waals surface area contributed by atoms with Gasteiger partial charge in [0.2, 0.25) is 0 Å². The molecule has 1 aliphatic heterocycles. The maximum absolute atomic E-state index is 4.16. The molecule has 0 N–H and O–H groups in total. The number of rotatable bonds is 5. The summed E-state index contributed by atoms with van der Waals surface area (Å²) >= 11 is 4.30. The van der Waals surface area contributed by atoms with Gasteiger partial charge in [0.15, 0.2) is 0 Å². The molecule has 1 aliphatic rings. The molecule has 0 amide bonds. The van der Waals surface area contributed by atoms with E-state index in [1.165, 1.54) is 23.5 Å². The van der Waals surface area contributed by atoms with Crippen molar-refractivity contribution in [3.05, 3.63) is 54.6 Å². The molecule has 2 aromatic rings. The molecule has 1 saturated heterocycles. The van der Waals surface area contributed by atoms with Gasteiger partial charge in [-0.25, -0.2) is 4.98 Å². The molecule has 1 fully saturated rings. The Morgan fingerprint density at radius 3 is 2.62 bits per heavy atom. The molecule has 0 atom stereocenters. The maximum atomic E-state index is 4.16. The van der Waals surface area contributed by atoms with Gasteiger partial charge in [0, 0.05) is 18.9 Å². The zero-order chi connectivity index (χ0) is 14.5. The summed E-state index contributed by atoms with van der Waals surface area (Å²) in [7, 11) is 0. The third-order valence-electron chi connectivity index (χ3n) is 4.15. The number of aromatic nitrogens is 2. The van der Waals surface area contributed by atoms with E-state index in [4.69, 9.17) is 0 Å². The van der Waals surface area contributed by atoms with Crippen molar-refractivity contribution in [3.8, 4) is 0 Å². The lowest BCUT2D eigenvalue weighted by Crippen LogP contribution is -2.28. The second-order valence-corrected chi connectivity index (χ2v) is 8.46. The molecule has 2 heterocycles. The van der Waals surface area contributed by atoms with Crippen molar-refractivity contribution >= 4 is 23.5 Å². The first-order valence-corrected chi connectivity index (χ1v) is 9.59. The van der Waals surface area contributed by atoms with Crippen molar-refractivity contribution in [2.75, 3.05) is 11.5 Å². The maximum Gasteiger partial charge on any atom is 0.0945 e. The van der Waals surface area contributed by atoms with Crippen LogP contribution in [-0.4, -0.2) is 21.1 Å². The summed E-state index contributed by atoms with van der Waals surface area (Å²) in [5.74, 6) is 3.43. The van der Waals surface area contributed by atoms with Crippen molar-refractivity contribution in [3.63, 3.8) is 0 Å². The summed E-state index contributed by atoms with van der Waals surface area (Å²) in [6, 6.07) is 11.0. The molecule has 0 unspecified atom stereocenters. The fourth-order valence-electron chi connectivity index (χ4n) is 2.67. The molecule has 1 aromatic carbocycles. The van der Waals surface area contributed by atoms with Crippen molar-refractivity contribution in [1.82, 2.24) is 9.55 Å². The predicted octanol–water partition coefficient (Wildman–Crippen LogP) is 4.63. The average Bonchev–Trinajstić information content (AvgIpc) is 3.08. The molecule has 112 valence electrons. The SMILES string of the molecule is CCC1CSC(CCn2ccnc2)(c2ccccc2)SC1. The normalized spacial score (nSPS) is 25.9. The van der Waals surface area contributed by atoms with Crippen LogP contribution in [0.15, 0.2) is 49.1 Å². The molecule has 0 spiro atoms. The Balaban J connectivity index is 1.78. The number of imidazole rings is 1. The van der Waals surface area contributed by atoms with E-state index in [1.807, 2.05) is 12.5 Å². The minimum atomic E-state index is 0.206. The first-order valence-electron chi connectivity index (χ1n) is 7.61. The highest BCUT2D eigenvalue weighted by atomic mass is 32.2. The van der Waals surface area contributed by atoms with Gasteiger partial charge in [0.05, 0.1) is 10.4 Å². The average molecular weight is 319 g/mol. The van der Waals surface area contributed by atoms with Gasteiger partial charge in [0.1, 0.15) is 0 Å². The molecule has 0 bridgehead atoms. The molecule has 0 aliphatic carbocycles. The van der Waals surface area contributed by atoms with Crippen LogP contribution in [0.25, 0.3) is 0 Å². The third-order valence-corrected chi connectivity index (χ3v) is 7.95. The van der Waals surface area contributed by atoms with Gasteiger partial charge in [-0.1, -0.05) is 43.7 Å². The van der Waals surface area contributed by atoms with E-state index in [9.17, 15) is 0 Å². The Morgan fingerprint density at radius 2 is 2.00 bits per heavy atom. The number of nitrogens with zero attached hydrogens (tertiary/aromatic N) is 2. The quantitative estimate of drug-likeness (QED) is 0.800. The van der Waals surface area contributed by atoms with Crippen molar-refractivity contribution in [2.24, 2.45) is 5.92 Å².